The van der Waals surface area contributed by atoms with Crippen molar-refractivity contribution in [3.63, 3.8) is 0 Å². The van der Waals surface area contributed by atoms with E-state index in [1.54, 1.807) is 173 Å². The number of nitrogens with zero attached hydrogens (tertiary/aromatic N) is 13. The van der Waals surface area contributed by atoms with Crippen LogP contribution in [-0.4, -0.2) is 198 Å². The van der Waals surface area contributed by atoms with Crippen LogP contribution in [0.2, 0.25) is 20.1 Å². The van der Waals surface area contributed by atoms with Gasteiger partial charge in [-0.05, 0) is 222 Å². The number of sulfonamides is 4. The van der Waals surface area contributed by atoms with Crippen LogP contribution in [0.15, 0.2) is 254 Å². The lowest BCUT2D eigenvalue weighted by molar-refractivity contribution is -0.140. The lowest BCUT2D eigenvalue weighted by Crippen LogP contribution is -2.56. The fraction of sp³-hybridized carbons (Fsp3) is 0.277. The van der Waals surface area contributed by atoms with E-state index in [0.29, 0.717) is 130 Å². The Hall–Kier alpha value is -11.7. The quantitative estimate of drug-likeness (QED) is 0.0413. The van der Waals surface area contributed by atoms with Crippen molar-refractivity contribution in [3.8, 4) is 11.5 Å². The van der Waals surface area contributed by atoms with E-state index >= 15 is 0 Å². The first-order valence-corrected chi connectivity index (χ1v) is 54.7. The second kappa shape index (κ2) is 43.0. The number of benzene rings is 8. The number of nitrogens with one attached hydrogen (secondary N) is 4. The first-order valence-electron chi connectivity index (χ1n) is 43.7. The Bertz CT molecular complexity index is 7220. The maximum absolute atomic E-state index is 14.0. The van der Waals surface area contributed by atoms with Gasteiger partial charge >= 0.3 is 0 Å². The molecule has 732 valence electrons. The van der Waals surface area contributed by atoms with Gasteiger partial charge in [-0.3, -0.25) is 38.1 Å². The number of hydrogen-bond acceptors (Lipinski definition) is 25. The number of aromatic nitrogens is 6. The van der Waals surface area contributed by atoms with Gasteiger partial charge in [-0.1, -0.05) is 70.7 Å². The van der Waals surface area contributed by atoms with E-state index in [4.69, 9.17) is 55.9 Å². The smallest absolute Gasteiger partial charge is 0.263 e. The van der Waals surface area contributed by atoms with Gasteiger partial charge in [0.1, 0.15) is 41.0 Å². The molecule has 44 heteroatoms. The highest BCUT2D eigenvalue weighted by Gasteiger charge is 2.41. The summed E-state index contributed by atoms with van der Waals surface area (Å²) >= 11 is 29.6. The van der Waals surface area contributed by atoms with Gasteiger partial charge in [0.05, 0.1) is 47.3 Å². The van der Waals surface area contributed by atoms with Gasteiger partial charge in [-0.25, -0.2) is 58.0 Å². The minimum atomic E-state index is -3.74. The standard InChI is InChI=1S/C25H25FN4O3S2.C25H27N5O4S2.C23H24Cl2N4O4S2.C21H18Cl2N4O3S2.5H2/c1-17(30-15-11-21-22(26)3-2-4-23(21)30)24(31)29-13-9-19(10-14-29)18-5-7-20(8-6-18)35(32,33)28-25-27-12-16-34-25;1-18-16-28(20-3-6-22(7-4-20)36(32,33)27-25-26-10-14-35-25)12-13-30(18)24(31)17-29-11-9-19-15-21(34-2)5-8-23(19)29;1-15-14-28(17-6-8-18(9-7-17)35(31,32)27-23-26-10-13-34-23)11-12-29(15)22(30)16(2)33-20-5-3-4-19(24)21(20)25;22-16-5-6-17-15(19(16)23)7-10-27(17)18-8-11-26(20(18)28)13-1-3-14(4-2-13)32(29,30)25-21-24-9-12-31-21;;;;;/h2-8,11-12,15-17,19H,9-10,13-14H2,1H3,(H,27,28);3-11,14-15,18H,12-13,16-17H2,1-2H3,(H,26,27);3-10,13,15-16H,11-12,14H2,1-2H3,(H,26,27);1-6,9,12,18H,7-8,10-11H2,(H,24,25);5*1H/t17-;;15-,16?;18-;;;;;/m0.10...../s1. The summed E-state index contributed by atoms with van der Waals surface area (Å²) in [6.07, 6.45) is 12.1. The topological polar surface area (TPSA) is 356 Å². The van der Waals surface area contributed by atoms with E-state index in [-0.39, 0.29) is 91.8 Å². The van der Waals surface area contributed by atoms with Crippen LogP contribution in [0.1, 0.15) is 77.2 Å². The molecule has 14 aromatic rings. The van der Waals surface area contributed by atoms with E-state index in [1.165, 1.54) is 75.9 Å². The lowest BCUT2D eigenvalue weighted by atomic mass is 9.89. The summed E-state index contributed by atoms with van der Waals surface area (Å²) in [7, 11) is -13.2. The number of anilines is 8. The maximum atomic E-state index is 14.0. The van der Waals surface area contributed by atoms with Crippen LogP contribution in [-0.2, 0) is 72.2 Å². The predicted octanol–water partition coefficient (Wildman–Crippen LogP) is 19.1. The van der Waals surface area contributed by atoms with E-state index in [0.717, 1.165) is 64.1 Å². The highest BCUT2D eigenvalue weighted by atomic mass is 35.5. The molecule has 5 atom stereocenters. The van der Waals surface area contributed by atoms with E-state index in [9.17, 15) is 57.2 Å². The van der Waals surface area contributed by atoms with Gasteiger partial charge in [0.2, 0.25) is 17.7 Å². The third kappa shape index (κ3) is 22.7. The molecule has 2 unspecified atom stereocenters. The molecule has 5 aliphatic heterocycles. The largest absolute Gasteiger partial charge is 0.497 e. The van der Waals surface area contributed by atoms with Crippen molar-refractivity contribution in [1.82, 2.24) is 43.8 Å². The molecule has 4 fully saturated rings. The van der Waals surface area contributed by atoms with Crippen molar-refractivity contribution in [2.24, 2.45) is 0 Å². The van der Waals surface area contributed by atoms with E-state index in [2.05, 4.69) is 53.5 Å². The Balaban J connectivity index is 0.000000180. The molecule has 0 bridgehead atoms. The third-order valence-corrected chi connectivity index (χ3v) is 34.7. The number of thiazole rings is 4. The number of fused-ring (bicyclic) bond motifs is 3. The van der Waals surface area contributed by atoms with Crippen LogP contribution in [0.4, 0.5) is 47.7 Å². The number of ether oxygens (including phenoxy) is 2. The molecule has 31 nitrogen and oxygen atoms in total. The Labute approximate surface area is 841 Å². The summed E-state index contributed by atoms with van der Waals surface area (Å²) in [4.78, 5) is 82.8. The third-order valence-electron chi connectivity index (χ3n) is 24.4. The Morgan fingerprint density at radius 1 is 0.522 bits per heavy atom. The first-order chi connectivity index (χ1) is 66.2. The minimum absolute atomic E-state index is 0. The summed E-state index contributed by atoms with van der Waals surface area (Å²) in [6.45, 7) is 14.0. The Kier molecular flexibility index (Phi) is 30.9. The van der Waals surface area contributed by atoms with Gasteiger partial charge in [0, 0.05) is 182 Å². The summed E-state index contributed by atoms with van der Waals surface area (Å²) in [6, 6.07) is 49.1. The monoisotopic (exact) mass is 2110 g/mol. The molecule has 0 spiro atoms. The lowest BCUT2D eigenvalue weighted by Gasteiger charge is -2.41. The number of amides is 4. The molecule has 0 saturated carbocycles. The van der Waals surface area contributed by atoms with Crippen molar-refractivity contribution in [1.29, 1.82) is 0 Å². The molecule has 19 rings (SSSR count). The maximum Gasteiger partial charge on any atom is 0.263 e. The number of methoxy groups -OCH3 is 1. The molecule has 0 radical (unpaired) electrons. The predicted molar refractivity (Wildman–Crippen MR) is 553 cm³/mol. The fourth-order valence-electron chi connectivity index (χ4n) is 17.3. The second-order valence-electron chi connectivity index (χ2n) is 33.0. The second-order valence-corrected chi connectivity index (χ2v) is 44.9. The molecule has 5 aliphatic rings. The van der Waals surface area contributed by atoms with Gasteiger partial charge < -0.3 is 52.9 Å². The molecule has 11 heterocycles. The van der Waals surface area contributed by atoms with Crippen molar-refractivity contribution in [2.75, 3.05) is 111 Å². The molecule has 8 aromatic carbocycles. The summed E-state index contributed by atoms with van der Waals surface area (Å²) in [5, 5.41) is 11.4. The first kappa shape index (κ1) is 99.3. The fourth-order valence-corrected chi connectivity index (χ4v) is 25.2. The van der Waals surface area contributed by atoms with Gasteiger partial charge in [-0.2, -0.15) is 0 Å². The Morgan fingerprint density at radius 3 is 1.53 bits per heavy atom. The molecule has 4 amide bonds. The highest BCUT2D eigenvalue weighted by Crippen LogP contribution is 2.42. The molecule has 6 aromatic heterocycles. The number of piperidine rings is 1. The van der Waals surface area contributed by atoms with Crippen LogP contribution < -0.4 is 48.0 Å². The number of carbonyl (C=O) groups excluding carboxylic acids is 4. The molecular weight excluding hydrogens is 2010 g/mol. The normalized spacial score (nSPS) is 16.9. The average Bonchev–Trinajstić information content (AvgIpc) is 1.61. The SMILES string of the molecule is CC(Oc1cccc(Cl)c1Cl)C(=O)N1CCN(c2ccc(S(=O)(=O)Nc3nccs3)cc2)C[C@H]1C.COc1ccc2c(ccn2CC(=O)N2CCN(c3ccc(S(=O)(=O)Nc4nccs4)cc3)CC2C)c1.C[C@@H](C(=O)N1CCC(c2ccc(S(=O)(=O)Nc3nccs3)cc2)CC1)n1ccc2c(F)cccc21.O=C1[C@@H](N2CCc3c2ccc(Cl)c3Cl)CCN1c1ccc(S(=O)(=O)Nc2nccs2)cc1.[HH].[HH].[HH].[HH].[HH]. The zero-order chi connectivity index (χ0) is 97.5. The van der Waals surface area contributed by atoms with Crippen LogP contribution in [0.5, 0.6) is 11.5 Å². The van der Waals surface area contributed by atoms with Crippen LogP contribution in [0.25, 0.3) is 21.8 Å². The molecule has 4 N–H and O–H groups in total. The molecule has 4 saturated heterocycles. The minimum Gasteiger partial charge on any atom is -0.497 e. The summed E-state index contributed by atoms with van der Waals surface area (Å²) in [5.74, 6) is 1.05. The van der Waals surface area contributed by atoms with Crippen LogP contribution >= 0.6 is 91.8 Å². The number of halogens is 5. The Morgan fingerprint density at radius 2 is 1.02 bits per heavy atom. The van der Waals surface area contributed by atoms with E-state index in [1.807, 2.05) is 94.4 Å². The van der Waals surface area contributed by atoms with Crippen molar-refractivity contribution >= 4 is 221 Å². The highest BCUT2D eigenvalue weighted by molar-refractivity contribution is 7.94. The average molecular weight is 2110 g/mol. The van der Waals surface area contributed by atoms with E-state index < -0.39 is 52.2 Å². The molecule has 138 heavy (non-hydrogen) atoms. The van der Waals surface area contributed by atoms with Gasteiger partial charge in [0.25, 0.3) is 46.0 Å². The summed E-state index contributed by atoms with van der Waals surface area (Å²) < 4.78 is 139. The summed E-state index contributed by atoms with van der Waals surface area (Å²) in [5.41, 5.74) is 7.17. The number of likely N-dealkylation sites (tertiary alicyclic amines) is 1. The van der Waals surface area contributed by atoms with Crippen LogP contribution in [0, 0.1) is 5.82 Å². The zero-order valence-corrected chi connectivity index (χ0v) is 84.3. The van der Waals surface area contributed by atoms with Crippen molar-refractivity contribution < 1.29 is 73.8 Å². The zero-order valence-electron chi connectivity index (χ0n) is 74.8. The number of carbonyl (C=O) groups is 4. The van der Waals surface area contributed by atoms with Crippen LogP contribution in [0.3, 0.4) is 0 Å². The van der Waals surface area contributed by atoms with Gasteiger partial charge in [0.15, 0.2) is 26.6 Å². The molecule has 0 aliphatic carbocycles. The van der Waals surface area contributed by atoms with Crippen molar-refractivity contribution in [3.05, 3.63) is 272 Å². The van der Waals surface area contributed by atoms with Crippen molar-refractivity contribution in [2.45, 2.75) is 116 Å². The number of piperazine rings is 2. The molecular formula is C94H104Cl4FN17O14S8. The number of hydrogen-bond donors (Lipinski definition) is 4. The van der Waals surface area contributed by atoms with Gasteiger partial charge in [-0.15, -0.1) is 45.3 Å². The number of rotatable bonds is 25.